The summed E-state index contributed by atoms with van der Waals surface area (Å²) in [5.74, 6) is -0.565. The van der Waals surface area contributed by atoms with Gasteiger partial charge in [-0.05, 0) is 63.1 Å². The fourth-order valence-electron chi connectivity index (χ4n) is 3.30. The van der Waals surface area contributed by atoms with E-state index in [1.54, 1.807) is 38.1 Å². The average Bonchev–Trinajstić information content (AvgIpc) is 2.91. The quantitative estimate of drug-likeness (QED) is 0.129. The molecule has 0 saturated heterocycles. The highest BCUT2D eigenvalue weighted by Gasteiger charge is 2.24. The highest BCUT2D eigenvalue weighted by atomic mass is 16.7. The SMILES string of the molecule is C=C(C)C(=O)OC(C)COC(=O)Oc1ccc(C(C)(C)c2ccc(OC(=O)OCC(C)OC(=O)C(=C)C)cc2)cc1. The molecule has 2 atom stereocenters. The molecule has 2 rings (SSSR count). The number of hydrogen-bond donors (Lipinski definition) is 0. The molecule has 0 heterocycles. The molecule has 0 aliphatic rings. The van der Waals surface area contributed by atoms with Gasteiger partial charge in [0.05, 0.1) is 0 Å². The number of hydrogen-bond acceptors (Lipinski definition) is 10. The maximum Gasteiger partial charge on any atom is 0.513 e. The summed E-state index contributed by atoms with van der Waals surface area (Å²) < 4.78 is 30.5. The van der Waals surface area contributed by atoms with E-state index in [2.05, 4.69) is 13.2 Å². The van der Waals surface area contributed by atoms with Gasteiger partial charge in [-0.3, -0.25) is 0 Å². The zero-order valence-corrected chi connectivity index (χ0v) is 24.2. The first-order valence-electron chi connectivity index (χ1n) is 12.8. The Balaban J connectivity index is 1.89. The summed E-state index contributed by atoms with van der Waals surface area (Å²) in [5, 5.41) is 0. The van der Waals surface area contributed by atoms with Crippen molar-refractivity contribution in [3.8, 4) is 11.5 Å². The van der Waals surface area contributed by atoms with Crippen molar-refractivity contribution < 1.29 is 47.6 Å². The third kappa shape index (κ3) is 10.5. The molecule has 0 aliphatic heterocycles. The summed E-state index contributed by atoms with van der Waals surface area (Å²) in [6, 6.07) is 13.9. The van der Waals surface area contributed by atoms with Gasteiger partial charge in [-0.15, -0.1) is 0 Å². The lowest BCUT2D eigenvalue weighted by Gasteiger charge is -2.26. The molecule has 10 nitrogen and oxygen atoms in total. The van der Waals surface area contributed by atoms with Crippen LogP contribution >= 0.6 is 0 Å². The molecule has 0 aromatic heterocycles. The summed E-state index contributed by atoms with van der Waals surface area (Å²) >= 11 is 0. The molecule has 0 N–H and O–H groups in total. The van der Waals surface area contributed by atoms with Crippen LogP contribution in [-0.2, 0) is 34.0 Å². The molecule has 0 aliphatic carbocycles. The van der Waals surface area contributed by atoms with E-state index in [0.717, 1.165) is 11.1 Å². The molecule has 2 aromatic rings. The van der Waals surface area contributed by atoms with Gasteiger partial charge in [0.15, 0.2) is 0 Å². The number of esters is 2. The maximum atomic E-state index is 12.0. The maximum absolute atomic E-state index is 12.0. The van der Waals surface area contributed by atoms with E-state index >= 15 is 0 Å². The molecule has 0 radical (unpaired) electrons. The Labute approximate surface area is 239 Å². The Bertz CT molecular complexity index is 1160. The fraction of sp³-hybridized carbons (Fsp3) is 0.355. The average molecular weight is 569 g/mol. The van der Waals surface area contributed by atoms with Gasteiger partial charge in [-0.2, -0.15) is 0 Å². The van der Waals surface area contributed by atoms with Crippen LogP contribution in [0.3, 0.4) is 0 Å². The molecule has 41 heavy (non-hydrogen) atoms. The van der Waals surface area contributed by atoms with Crippen molar-refractivity contribution in [2.45, 2.75) is 59.2 Å². The van der Waals surface area contributed by atoms with Gasteiger partial charge in [-0.25, -0.2) is 19.2 Å². The lowest BCUT2D eigenvalue weighted by molar-refractivity contribution is -0.146. The summed E-state index contributed by atoms with van der Waals surface area (Å²) in [5.41, 5.74) is 1.93. The van der Waals surface area contributed by atoms with Crippen LogP contribution < -0.4 is 9.47 Å². The van der Waals surface area contributed by atoms with Crippen molar-refractivity contribution in [3.05, 3.63) is 84.0 Å². The smallest absolute Gasteiger partial charge is 0.456 e. The van der Waals surface area contributed by atoms with Crippen LogP contribution in [0.15, 0.2) is 72.8 Å². The molecule has 220 valence electrons. The molecular weight excluding hydrogens is 532 g/mol. The van der Waals surface area contributed by atoms with Gasteiger partial charge in [-0.1, -0.05) is 51.3 Å². The first-order valence-corrected chi connectivity index (χ1v) is 12.8. The van der Waals surface area contributed by atoms with Gasteiger partial charge < -0.3 is 28.4 Å². The molecule has 2 unspecified atom stereocenters. The van der Waals surface area contributed by atoms with Gasteiger partial charge in [0.2, 0.25) is 0 Å². The van der Waals surface area contributed by atoms with E-state index in [9.17, 15) is 19.2 Å². The minimum absolute atomic E-state index is 0.162. The highest BCUT2D eigenvalue weighted by molar-refractivity contribution is 5.87. The van der Waals surface area contributed by atoms with Crippen LogP contribution in [0.25, 0.3) is 0 Å². The van der Waals surface area contributed by atoms with Gasteiger partial charge in [0.1, 0.15) is 36.9 Å². The highest BCUT2D eigenvalue weighted by Crippen LogP contribution is 2.33. The lowest BCUT2D eigenvalue weighted by atomic mass is 9.78. The summed E-state index contributed by atoms with van der Waals surface area (Å²) in [4.78, 5) is 47.1. The third-order valence-corrected chi connectivity index (χ3v) is 5.74. The summed E-state index contributed by atoms with van der Waals surface area (Å²) in [6.45, 7) is 16.9. The molecule has 2 aromatic carbocycles. The Kier molecular flexibility index (Phi) is 11.7. The Morgan fingerprint density at radius 1 is 0.659 bits per heavy atom. The molecule has 0 saturated carbocycles. The van der Waals surface area contributed by atoms with Crippen LogP contribution in [0.1, 0.15) is 52.7 Å². The van der Waals surface area contributed by atoms with Crippen LogP contribution in [0.4, 0.5) is 9.59 Å². The first kappa shape index (κ1) is 32.6. The minimum Gasteiger partial charge on any atom is -0.456 e. The number of benzene rings is 2. The number of rotatable bonds is 12. The van der Waals surface area contributed by atoms with Crippen LogP contribution in [0.2, 0.25) is 0 Å². The molecular formula is C31H36O10. The fourth-order valence-corrected chi connectivity index (χ4v) is 3.30. The number of carbonyl (C=O) groups is 4. The topological polar surface area (TPSA) is 124 Å². The molecule has 0 amide bonds. The lowest BCUT2D eigenvalue weighted by Crippen LogP contribution is -2.24. The third-order valence-electron chi connectivity index (χ3n) is 5.74. The first-order chi connectivity index (χ1) is 19.2. The number of ether oxygens (including phenoxy) is 6. The van der Waals surface area contributed by atoms with E-state index in [1.165, 1.54) is 13.8 Å². The molecule has 0 bridgehead atoms. The Morgan fingerprint density at radius 2 is 0.976 bits per heavy atom. The Morgan fingerprint density at radius 3 is 1.27 bits per heavy atom. The van der Waals surface area contributed by atoms with Crippen molar-refractivity contribution in [2.24, 2.45) is 0 Å². The summed E-state index contributed by atoms with van der Waals surface area (Å²) in [7, 11) is 0. The van der Waals surface area contributed by atoms with Crippen LogP contribution in [0.5, 0.6) is 11.5 Å². The molecule has 0 fully saturated rings. The summed E-state index contributed by atoms with van der Waals surface area (Å²) in [6.07, 6.45) is -3.16. The molecule has 10 heteroatoms. The van der Waals surface area contributed by atoms with Crippen molar-refractivity contribution in [3.63, 3.8) is 0 Å². The second kappa shape index (κ2) is 14.7. The zero-order chi connectivity index (χ0) is 30.7. The van der Waals surface area contributed by atoms with E-state index in [0.29, 0.717) is 0 Å². The second-order valence-electron chi connectivity index (χ2n) is 9.99. The van der Waals surface area contributed by atoms with Crippen LogP contribution in [0, 0.1) is 0 Å². The minimum atomic E-state index is -0.924. The normalized spacial score (nSPS) is 12.2. The zero-order valence-electron chi connectivity index (χ0n) is 24.2. The van der Waals surface area contributed by atoms with Crippen molar-refractivity contribution in [1.29, 1.82) is 0 Å². The van der Waals surface area contributed by atoms with Gasteiger partial charge in [0, 0.05) is 16.6 Å². The molecule has 0 spiro atoms. The van der Waals surface area contributed by atoms with E-state index in [1.807, 2.05) is 38.1 Å². The van der Waals surface area contributed by atoms with E-state index in [4.69, 9.17) is 28.4 Å². The van der Waals surface area contributed by atoms with E-state index < -0.39 is 41.9 Å². The van der Waals surface area contributed by atoms with E-state index in [-0.39, 0.29) is 35.9 Å². The van der Waals surface area contributed by atoms with Gasteiger partial charge in [0.25, 0.3) is 0 Å². The predicted molar refractivity (Wildman–Crippen MR) is 150 cm³/mol. The van der Waals surface area contributed by atoms with Crippen molar-refractivity contribution in [1.82, 2.24) is 0 Å². The standard InChI is InChI=1S/C31H36O10/c1-19(2)27(32)38-21(5)17-36-29(34)40-25-13-9-23(10-14-25)31(7,8)24-11-15-26(16-12-24)41-30(35)37-18-22(6)39-28(33)20(3)4/h9-16,21-22H,1,3,17-18H2,2,4-8H3. The van der Waals surface area contributed by atoms with Gasteiger partial charge >= 0.3 is 24.2 Å². The largest absolute Gasteiger partial charge is 0.513 e. The van der Waals surface area contributed by atoms with Crippen LogP contribution in [-0.4, -0.2) is 49.7 Å². The predicted octanol–water partition coefficient (Wildman–Crippen LogP) is 6.06. The van der Waals surface area contributed by atoms with Crippen molar-refractivity contribution >= 4 is 24.2 Å². The number of carbonyl (C=O) groups excluding carboxylic acids is 4. The van der Waals surface area contributed by atoms with Crippen molar-refractivity contribution in [2.75, 3.05) is 13.2 Å². The Hall–Kier alpha value is -4.60. The monoisotopic (exact) mass is 568 g/mol. The second-order valence-corrected chi connectivity index (χ2v) is 9.99.